The minimum absolute atomic E-state index is 0.0614. The van der Waals surface area contributed by atoms with E-state index in [1.165, 1.54) is 6.42 Å². The van der Waals surface area contributed by atoms with E-state index in [0.29, 0.717) is 36.6 Å². The van der Waals surface area contributed by atoms with Crippen LogP contribution in [-0.4, -0.2) is 68.1 Å². The van der Waals surface area contributed by atoms with Crippen molar-refractivity contribution < 1.29 is 9.59 Å². The monoisotopic (exact) mass is 556 g/mol. The summed E-state index contributed by atoms with van der Waals surface area (Å²) in [6.45, 7) is 3.42. The Bertz CT molecular complexity index is 1220. The first-order valence-corrected chi connectivity index (χ1v) is 14.4. The fraction of sp³-hybridized carbons (Fsp3) is 0.500. The number of carbonyl (C=O) groups excluding carboxylic acids is 2. The fourth-order valence-corrected chi connectivity index (χ4v) is 6.09. The van der Waals surface area contributed by atoms with Crippen LogP contribution in [0.5, 0.6) is 0 Å². The minimum atomic E-state index is -0.280. The van der Waals surface area contributed by atoms with E-state index in [0.717, 1.165) is 30.6 Å². The van der Waals surface area contributed by atoms with E-state index >= 15 is 0 Å². The fourth-order valence-electron chi connectivity index (χ4n) is 5.19. The summed E-state index contributed by atoms with van der Waals surface area (Å²) in [5.74, 6) is 0.938. The largest absolute Gasteiger partial charge is 0.349 e. The number of aromatic nitrogens is 4. The highest BCUT2D eigenvalue weighted by atomic mass is 35.5. The molecule has 1 saturated heterocycles. The summed E-state index contributed by atoms with van der Waals surface area (Å²) >= 11 is 8.00. The third-order valence-electron chi connectivity index (χ3n) is 7.17. The first-order valence-electron chi connectivity index (χ1n) is 13.1. The van der Waals surface area contributed by atoms with Crippen molar-refractivity contribution in [1.29, 1.82) is 0 Å². The summed E-state index contributed by atoms with van der Waals surface area (Å²) in [5.41, 5.74) is 0. The average Bonchev–Trinajstić information content (AvgIpc) is 3.64. The van der Waals surface area contributed by atoms with E-state index in [1.807, 2.05) is 29.3 Å². The van der Waals surface area contributed by atoms with Gasteiger partial charge in [0, 0.05) is 55.4 Å². The Morgan fingerprint density at radius 1 is 1.21 bits per heavy atom. The molecule has 2 fully saturated rings. The minimum Gasteiger partial charge on any atom is -0.349 e. The van der Waals surface area contributed by atoms with Crippen LogP contribution in [-0.2, 0) is 4.79 Å². The van der Waals surface area contributed by atoms with Crippen LogP contribution in [0.2, 0.25) is 5.15 Å². The highest BCUT2D eigenvalue weighted by Gasteiger charge is 2.33. The molecule has 2 aliphatic rings. The van der Waals surface area contributed by atoms with Crippen LogP contribution in [0.25, 0.3) is 5.95 Å². The zero-order valence-corrected chi connectivity index (χ0v) is 23.0. The lowest BCUT2D eigenvalue weighted by Gasteiger charge is -2.42. The molecule has 12 heteroatoms. The summed E-state index contributed by atoms with van der Waals surface area (Å²) in [4.78, 5) is 44.5. The van der Waals surface area contributed by atoms with Crippen molar-refractivity contribution >= 4 is 40.7 Å². The number of hydrogen-bond donors (Lipinski definition) is 2. The second-order valence-electron chi connectivity index (χ2n) is 9.91. The molecule has 2 N–H and O–H groups in total. The molecule has 10 nitrogen and oxygen atoms in total. The Labute approximate surface area is 231 Å². The number of imidazole rings is 1. The molecular formula is C26H33ClN8O2S. The molecule has 0 aromatic carbocycles. The number of hydrogen-bond acceptors (Lipinski definition) is 7. The van der Waals surface area contributed by atoms with Gasteiger partial charge in [-0.3, -0.25) is 9.36 Å². The molecule has 4 heterocycles. The van der Waals surface area contributed by atoms with Crippen LogP contribution in [0.15, 0.2) is 42.3 Å². The number of halogens is 1. The molecule has 0 radical (unpaired) electrons. The quantitative estimate of drug-likeness (QED) is 0.423. The second kappa shape index (κ2) is 12.1. The first-order chi connectivity index (χ1) is 18.5. The van der Waals surface area contributed by atoms with Crippen LogP contribution in [0.1, 0.15) is 56.4 Å². The Morgan fingerprint density at radius 3 is 2.79 bits per heavy atom. The van der Waals surface area contributed by atoms with Crippen molar-refractivity contribution in [1.82, 2.24) is 35.1 Å². The lowest BCUT2D eigenvalue weighted by atomic mass is 9.96. The van der Waals surface area contributed by atoms with E-state index in [2.05, 4.69) is 25.5 Å². The molecule has 5 rings (SSSR count). The van der Waals surface area contributed by atoms with Crippen molar-refractivity contribution in [3.8, 4) is 5.95 Å². The van der Waals surface area contributed by atoms with Crippen molar-refractivity contribution in [2.24, 2.45) is 0 Å². The van der Waals surface area contributed by atoms with Crippen molar-refractivity contribution in [3.05, 3.63) is 52.3 Å². The normalized spacial score (nSPS) is 19.3. The highest BCUT2D eigenvalue weighted by molar-refractivity contribution is 7.10. The number of carbonyl (C=O) groups is 2. The SMILES string of the molecule is CC(NC(=O)CC1CN(C(=O)NC2CCCCC2)CCN1c1cc(Cl)nc(-n2ccnc2)n1)c1cccs1. The smallest absolute Gasteiger partial charge is 0.317 e. The zero-order valence-electron chi connectivity index (χ0n) is 21.4. The predicted molar refractivity (Wildman–Crippen MR) is 148 cm³/mol. The van der Waals surface area contributed by atoms with Gasteiger partial charge in [-0.05, 0) is 31.2 Å². The molecule has 202 valence electrons. The molecule has 3 aromatic heterocycles. The molecule has 2 atom stereocenters. The third kappa shape index (κ3) is 6.44. The Morgan fingerprint density at radius 2 is 2.05 bits per heavy atom. The van der Waals surface area contributed by atoms with Gasteiger partial charge in [0.2, 0.25) is 11.9 Å². The molecule has 1 saturated carbocycles. The van der Waals surface area contributed by atoms with Crippen LogP contribution in [0, 0.1) is 0 Å². The predicted octanol–water partition coefficient (Wildman–Crippen LogP) is 4.18. The van der Waals surface area contributed by atoms with Crippen molar-refractivity contribution in [3.63, 3.8) is 0 Å². The van der Waals surface area contributed by atoms with E-state index in [4.69, 9.17) is 16.6 Å². The number of rotatable bonds is 7. The third-order valence-corrected chi connectivity index (χ3v) is 8.42. The highest BCUT2D eigenvalue weighted by Crippen LogP contribution is 2.26. The van der Waals surface area contributed by atoms with Crippen LogP contribution in [0.3, 0.4) is 0 Å². The molecule has 1 aliphatic heterocycles. The molecule has 1 aliphatic carbocycles. The number of nitrogens with one attached hydrogen (secondary N) is 2. The second-order valence-corrected chi connectivity index (χ2v) is 11.3. The Balaban J connectivity index is 1.34. The van der Waals surface area contributed by atoms with Crippen molar-refractivity contribution in [2.75, 3.05) is 24.5 Å². The van der Waals surface area contributed by atoms with E-state index < -0.39 is 0 Å². The average molecular weight is 557 g/mol. The van der Waals surface area contributed by atoms with Gasteiger partial charge < -0.3 is 20.4 Å². The summed E-state index contributed by atoms with van der Waals surface area (Å²) in [5, 5.41) is 8.63. The number of piperazine rings is 1. The van der Waals surface area contributed by atoms with Crippen LogP contribution < -0.4 is 15.5 Å². The Hall–Kier alpha value is -3.18. The summed E-state index contributed by atoms with van der Waals surface area (Å²) < 4.78 is 1.69. The lowest BCUT2D eigenvalue weighted by molar-refractivity contribution is -0.122. The van der Waals surface area contributed by atoms with E-state index in [1.54, 1.807) is 40.7 Å². The van der Waals surface area contributed by atoms with Gasteiger partial charge in [-0.2, -0.15) is 4.98 Å². The van der Waals surface area contributed by atoms with Gasteiger partial charge in [0.05, 0.1) is 12.1 Å². The number of thiophene rings is 1. The van der Waals surface area contributed by atoms with Gasteiger partial charge in [0.15, 0.2) is 0 Å². The molecular weight excluding hydrogens is 524 g/mol. The van der Waals surface area contributed by atoms with Crippen LogP contribution >= 0.6 is 22.9 Å². The van der Waals surface area contributed by atoms with E-state index in [-0.39, 0.29) is 36.5 Å². The Kier molecular flexibility index (Phi) is 8.43. The molecule has 3 aromatic rings. The lowest BCUT2D eigenvalue weighted by Crippen LogP contribution is -2.59. The van der Waals surface area contributed by atoms with Gasteiger partial charge in [-0.1, -0.05) is 36.9 Å². The van der Waals surface area contributed by atoms with Crippen LogP contribution in [0.4, 0.5) is 10.6 Å². The summed E-state index contributed by atoms with van der Waals surface area (Å²) in [6.07, 6.45) is 10.8. The van der Waals surface area contributed by atoms with Gasteiger partial charge in [0.1, 0.15) is 17.3 Å². The van der Waals surface area contributed by atoms with Crippen molar-refractivity contribution in [2.45, 2.75) is 63.6 Å². The number of amides is 3. The van der Waals surface area contributed by atoms with E-state index in [9.17, 15) is 9.59 Å². The maximum atomic E-state index is 13.2. The van der Waals surface area contributed by atoms with Gasteiger partial charge in [0.25, 0.3) is 0 Å². The maximum absolute atomic E-state index is 13.2. The topological polar surface area (TPSA) is 108 Å². The standard InChI is InChI=1S/C26H33ClN8O2S/c1-18(21-8-5-13-38-21)29-24(36)14-20-16-33(26(37)30-19-6-3-2-4-7-19)11-12-35(20)23-15-22(27)31-25(32-23)34-10-9-28-17-34/h5,8-10,13,15,17-20H,2-4,6-7,11-12,14,16H2,1H3,(H,29,36)(H,30,37). The number of urea groups is 1. The van der Waals surface area contributed by atoms with Gasteiger partial charge in [-0.15, -0.1) is 11.3 Å². The molecule has 3 amide bonds. The number of anilines is 1. The maximum Gasteiger partial charge on any atom is 0.317 e. The zero-order chi connectivity index (χ0) is 26.5. The molecule has 38 heavy (non-hydrogen) atoms. The molecule has 0 bridgehead atoms. The van der Waals surface area contributed by atoms with Gasteiger partial charge >= 0.3 is 6.03 Å². The summed E-state index contributed by atoms with van der Waals surface area (Å²) in [6, 6.07) is 5.49. The number of nitrogens with zero attached hydrogens (tertiary/aromatic N) is 6. The summed E-state index contributed by atoms with van der Waals surface area (Å²) in [7, 11) is 0. The molecule has 2 unspecified atom stereocenters. The van der Waals surface area contributed by atoms with Gasteiger partial charge in [-0.25, -0.2) is 14.8 Å². The first kappa shape index (κ1) is 26.4. The molecule has 0 spiro atoms.